The standard InChI is InChI=1S/C21H21N3O4/c1-14(24-20(27)17-4-2-3-5-18(17)21(24)28)19(26)23-12-10-22(11-13-23)15-6-8-16(25)9-7-15/h2-9,14,25H,10-13H2,1H3/t14-/m0/s1. The SMILES string of the molecule is C[C@@H](C(=O)N1CCN(c2ccc(O)cc2)CC1)N1C(=O)c2ccccc2C1=O. The van der Waals surface area contributed by atoms with Crippen LogP contribution >= 0.6 is 0 Å². The highest BCUT2D eigenvalue weighted by atomic mass is 16.3. The van der Waals surface area contributed by atoms with E-state index in [1.807, 2.05) is 12.1 Å². The van der Waals surface area contributed by atoms with Crippen molar-refractivity contribution < 1.29 is 19.5 Å². The number of nitrogens with zero attached hydrogens (tertiary/aromatic N) is 3. The van der Waals surface area contributed by atoms with Crippen molar-refractivity contribution in [2.45, 2.75) is 13.0 Å². The number of piperazine rings is 1. The topological polar surface area (TPSA) is 81.2 Å². The highest BCUT2D eigenvalue weighted by molar-refractivity contribution is 6.22. The Balaban J connectivity index is 1.42. The Morgan fingerprint density at radius 1 is 0.893 bits per heavy atom. The molecule has 7 heteroatoms. The first-order chi connectivity index (χ1) is 13.5. The fraction of sp³-hybridized carbons (Fsp3) is 0.286. The molecule has 0 aromatic heterocycles. The van der Waals surface area contributed by atoms with Crippen LogP contribution in [0.5, 0.6) is 5.75 Å². The molecule has 0 saturated carbocycles. The van der Waals surface area contributed by atoms with E-state index in [0.29, 0.717) is 37.3 Å². The molecule has 7 nitrogen and oxygen atoms in total. The maximum absolute atomic E-state index is 12.9. The van der Waals surface area contributed by atoms with E-state index in [-0.39, 0.29) is 11.7 Å². The minimum Gasteiger partial charge on any atom is -0.508 e. The van der Waals surface area contributed by atoms with Crippen LogP contribution < -0.4 is 4.90 Å². The third-order valence-electron chi connectivity index (χ3n) is 5.38. The Bertz CT molecular complexity index is 898. The number of carbonyl (C=O) groups excluding carboxylic acids is 3. The second-order valence-corrected chi connectivity index (χ2v) is 7.03. The summed E-state index contributed by atoms with van der Waals surface area (Å²) in [6, 6.07) is 12.8. The van der Waals surface area contributed by atoms with Crippen LogP contribution in [-0.2, 0) is 4.79 Å². The van der Waals surface area contributed by atoms with Gasteiger partial charge in [-0.25, -0.2) is 0 Å². The van der Waals surface area contributed by atoms with E-state index < -0.39 is 17.9 Å². The summed E-state index contributed by atoms with van der Waals surface area (Å²) in [6.07, 6.45) is 0. The number of hydrogen-bond donors (Lipinski definition) is 1. The van der Waals surface area contributed by atoms with E-state index >= 15 is 0 Å². The van der Waals surface area contributed by atoms with Crippen molar-refractivity contribution in [3.05, 3.63) is 59.7 Å². The first kappa shape index (κ1) is 18.0. The Kier molecular flexibility index (Phi) is 4.50. The Hall–Kier alpha value is -3.35. The number of amides is 3. The van der Waals surface area contributed by atoms with Crippen LogP contribution in [0.15, 0.2) is 48.5 Å². The quantitative estimate of drug-likeness (QED) is 0.822. The van der Waals surface area contributed by atoms with Crippen molar-refractivity contribution in [3.63, 3.8) is 0 Å². The van der Waals surface area contributed by atoms with Gasteiger partial charge >= 0.3 is 0 Å². The number of anilines is 1. The van der Waals surface area contributed by atoms with Gasteiger partial charge in [0, 0.05) is 31.9 Å². The molecule has 144 valence electrons. The van der Waals surface area contributed by atoms with Gasteiger partial charge in [-0.2, -0.15) is 0 Å². The van der Waals surface area contributed by atoms with Gasteiger partial charge < -0.3 is 14.9 Å². The summed E-state index contributed by atoms with van der Waals surface area (Å²) in [4.78, 5) is 43.1. The molecular weight excluding hydrogens is 358 g/mol. The molecule has 4 rings (SSSR count). The number of phenolic OH excluding ortho intramolecular Hbond substituents is 1. The minimum atomic E-state index is -0.840. The molecule has 1 saturated heterocycles. The zero-order chi connectivity index (χ0) is 19.8. The number of aromatic hydroxyl groups is 1. The molecule has 3 amide bonds. The molecule has 0 spiro atoms. The molecular formula is C21H21N3O4. The van der Waals surface area contributed by atoms with Crippen LogP contribution in [0.4, 0.5) is 5.69 Å². The van der Waals surface area contributed by atoms with E-state index in [4.69, 9.17) is 0 Å². The van der Waals surface area contributed by atoms with Gasteiger partial charge in [0.05, 0.1) is 11.1 Å². The highest BCUT2D eigenvalue weighted by Crippen LogP contribution is 2.26. The second kappa shape index (κ2) is 6.99. The van der Waals surface area contributed by atoms with Crippen molar-refractivity contribution in [2.75, 3.05) is 31.1 Å². The van der Waals surface area contributed by atoms with Crippen molar-refractivity contribution in [3.8, 4) is 5.75 Å². The lowest BCUT2D eigenvalue weighted by Gasteiger charge is -2.38. The van der Waals surface area contributed by atoms with Gasteiger partial charge in [0.25, 0.3) is 11.8 Å². The van der Waals surface area contributed by atoms with E-state index in [0.717, 1.165) is 10.6 Å². The number of phenols is 1. The van der Waals surface area contributed by atoms with Crippen LogP contribution in [0.1, 0.15) is 27.6 Å². The van der Waals surface area contributed by atoms with Crippen LogP contribution in [-0.4, -0.2) is 64.8 Å². The lowest BCUT2D eigenvalue weighted by atomic mass is 10.1. The zero-order valence-electron chi connectivity index (χ0n) is 15.5. The van der Waals surface area contributed by atoms with Crippen LogP contribution in [0.25, 0.3) is 0 Å². The average molecular weight is 379 g/mol. The molecule has 1 atom stereocenters. The lowest BCUT2D eigenvalue weighted by Crippen LogP contribution is -2.55. The molecule has 2 aromatic carbocycles. The second-order valence-electron chi connectivity index (χ2n) is 7.03. The summed E-state index contributed by atoms with van der Waals surface area (Å²) >= 11 is 0. The number of rotatable bonds is 3. The average Bonchev–Trinajstić information content (AvgIpc) is 2.98. The smallest absolute Gasteiger partial charge is 0.262 e. The van der Waals surface area contributed by atoms with Gasteiger partial charge in [-0.1, -0.05) is 12.1 Å². The molecule has 1 fully saturated rings. The molecule has 0 unspecified atom stereocenters. The molecule has 0 radical (unpaired) electrons. The highest BCUT2D eigenvalue weighted by Gasteiger charge is 2.42. The summed E-state index contributed by atoms with van der Waals surface area (Å²) in [6.45, 7) is 3.91. The molecule has 2 aromatic rings. The Morgan fingerprint density at radius 3 is 1.96 bits per heavy atom. The zero-order valence-corrected chi connectivity index (χ0v) is 15.5. The molecule has 28 heavy (non-hydrogen) atoms. The normalized spacial score (nSPS) is 17.7. The predicted molar refractivity (Wildman–Crippen MR) is 103 cm³/mol. The van der Waals surface area contributed by atoms with E-state index in [9.17, 15) is 19.5 Å². The number of imide groups is 1. The van der Waals surface area contributed by atoms with Crippen LogP contribution in [0.2, 0.25) is 0 Å². The first-order valence-electron chi connectivity index (χ1n) is 9.27. The summed E-state index contributed by atoms with van der Waals surface area (Å²) in [5.74, 6) is -0.833. The van der Waals surface area contributed by atoms with Crippen molar-refractivity contribution in [2.24, 2.45) is 0 Å². The van der Waals surface area contributed by atoms with Crippen molar-refractivity contribution in [1.82, 2.24) is 9.80 Å². The summed E-state index contributed by atoms with van der Waals surface area (Å²) in [7, 11) is 0. The molecule has 2 aliphatic rings. The van der Waals surface area contributed by atoms with E-state index in [1.165, 1.54) is 0 Å². The predicted octanol–water partition coefficient (Wildman–Crippen LogP) is 1.73. The largest absolute Gasteiger partial charge is 0.508 e. The van der Waals surface area contributed by atoms with E-state index in [2.05, 4.69) is 4.90 Å². The van der Waals surface area contributed by atoms with Gasteiger partial charge in [0.15, 0.2) is 0 Å². The molecule has 0 aliphatic carbocycles. The maximum Gasteiger partial charge on any atom is 0.262 e. The lowest BCUT2D eigenvalue weighted by molar-refractivity contribution is -0.135. The Morgan fingerprint density at radius 2 is 1.43 bits per heavy atom. The van der Waals surface area contributed by atoms with Crippen LogP contribution in [0.3, 0.4) is 0 Å². The monoisotopic (exact) mass is 379 g/mol. The van der Waals surface area contributed by atoms with Gasteiger partial charge in [0.2, 0.25) is 5.91 Å². The Labute approximate surface area is 162 Å². The third kappa shape index (κ3) is 2.98. The fourth-order valence-corrected chi connectivity index (χ4v) is 3.78. The van der Waals surface area contributed by atoms with Crippen molar-refractivity contribution in [1.29, 1.82) is 0 Å². The summed E-state index contributed by atoms with van der Waals surface area (Å²) in [5.41, 5.74) is 1.69. The minimum absolute atomic E-state index is 0.215. The van der Waals surface area contributed by atoms with Gasteiger partial charge in [-0.15, -0.1) is 0 Å². The van der Waals surface area contributed by atoms with Gasteiger partial charge in [0.1, 0.15) is 11.8 Å². The number of benzene rings is 2. The molecule has 2 aliphatic heterocycles. The third-order valence-corrected chi connectivity index (χ3v) is 5.38. The fourth-order valence-electron chi connectivity index (χ4n) is 3.78. The van der Waals surface area contributed by atoms with Gasteiger partial charge in [-0.05, 0) is 43.3 Å². The molecule has 1 N–H and O–H groups in total. The summed E-state index contributed by atoms with van der Waals surface area (Å²) in [5, 5.41) is 9.41. The molecule has 0 bridgehead atoms. The number of fused-ring (bicyclic) bond motifs is 1. The number of carbonyl (C=O) groups is 3. The summed E-state index contributed by atoms with van der Waals surface area (Å²) < 4.78 is 0. The van der Waals surface area contributed by atoms with Gasteiger partial charge in [-0.3, -0.25) is 19.3 Å². The number of hydrogen-bond acceptors (Lipinski definition) is 5. The van der Waals surface area contributed by atoms with E-state index in [1.54, 1.807) is 48.2 Å². The van der Waals surface area contributed by atoms with Crippen molar-refractivity contribution >= 4 is 23.4 Å². The maximum atomic E-state index is 12.9. The molecule has 2 heterocycles. The first-order valence-corrected chi connectivity index (χ1v) is 9.27. The van der Waals surface area contributed by atoms with Crippen LogP contribution in [0, 0.1) is 0 Å².